The van der Waals surface area contributed by atoms with Crippen LogP contribution in [0, 0.1) is 5.92 Å². The summed E-state index contributed by atoms with van der Waals surface area (Å²) in [7, 11) is 1.76. The number of likely N-dealkylation sites (tertiary alicyclic amines) is 1. The van der Waals surface area contributed by atoms with Gasteiger partial charge in [0.15, 0.2) is 0 Å². The third kappa shape index (κ3) is 4.03. The highest BCUT2D eigenvalue weighted by molar-refractivity contribution is 5.24. The lowest BCUT2D eigenvalue weighted by atomic mass is 10.1. The minimum Gasteiger partial charge on any atom is -0.387 e. The minimum atomic E-state index is -0.382. The van der Waals surface area contributed by atoms with Gasteiger partial charge in [0.2, 0.25) is 0 Å². The molecule has 0 amide bonds. The Balaban J connectivity index is 1.85. The predicted octanol–water partition coefficient (Wildman–Crippen LogP) is 2.25. The van der Waals surface area contributed by atoms with Crippen molar-refractivity contribution >= 4 is 0 Å². The summed E-state index contributed by atoms with van der Waals surface area (Å²) in [6.07, 6.45) is 1.84. The minimum absolute atomic E-state index is 0.382. The number of aryl methyl sites for hydroxylation is 1. The molecule has 1 heterocycles. The molecule has 1 aliphatic heterocycles. The summed E-state index contributed by atoms with van der Waals surface area (Å²) in [5.41, 5.74) is 2.34. The summed E-state index contributed by atoms with van der Waals surface area (Å²) in [5.74, 6) is 0.625. The quantitative estimate of drug-likeness (QED) is 0.854. The van der Waals surface area contributed by atoms with Crippen LogP contribution in [0.15, 0.2) is 24.3 Å². The van der Waals surface area contributed by atoms with Crippen LogP contribution in [-0.2, 0) is 11.2 Å². The first kappa shape index (κ1) is 14.5. The highest BCUT2D eigenvalue weighted by atomic mass is 16.5. The molecular weight excluding hydrogens is 238 g/mol. The van der Waals surface area contributed by atoms with E-state index in [9.17, 15) is 5.11 Å². The van der Waals surface area contributed by atoms with Crippen molar-refractivity contribution in [2.75, 3.05) is 33.4 Å². The lowest BCUT2D eigenvalue weighted by Crippen LogP contribution is -2.27. The Labute approximate surface area is 116 Å². The third-order valence-electron chi connectivity index (χ3n) is 3.98. The Morgan fingerprint density at radius 3 is 2.74 bits per heavy atom. The Morgan fingerprint density at radius 2 is 2.11 bits per heavy atom. The SMILES string of the molecule is CCc1ccc(C(O)CN2CCC(COC)C2)cc1. The van der Waals surface area contributed by atoms with Crippen LogP contribution in [-0.4, -0.2) is 43.4 Å². The molecule has 0 saturated carbocycles. The maximum atomic E-state index is 10.3. The smallest absolute Gasteiger partial charge is 0.0916 e. The van der Waals surface area contributed by atoms with Crippen molar-refractivity contribution in [2.24, 2.45) is 5.92 Å². The van der Waals surface area contributed by atoms with E-state index in [1.165, 1.54) is 12.0 Å². The number of benzene rings is 1. The van der Waals surface area contributed by atoms with Crippen molar-refractivity contribution in [3.63, 3.8) is 0 Å². The fraction of sp³-hybridized carbons (Fsp3) is 0.625. The van der Waals surface area contributed by atoms with Gasteiger partial charge < -0.3 is 14.7 Å². The molecule has 0 spiro atoms. The standard InChI is InChI=1S/C16H25NO2/c1-3-13-4-6-15(7-5-13)16(18)11-17-9-8-14(10-17)12-19-2/h4-7,14,16,18H,3,8-12H2,1-2H3. The van der Waals surface area contributed by atoms with Gasteiger partial charge in [-0.2, -0.15) is 0 Å². The molecule has 1 saturated heterocycles. The average molecular weight is 263 g/mol. The van der Waals surface area contributed by atoms with E-state index in [4.69, 9.17) is 4.74 Å². The summed E-state index contributed by atoms with van der Waals surface area (Å²) < 4.78 is 5.20. The van der Waals surface area contributed by atoms with E-state index in [0.29, 0.717) is 5.92 Å². The first-order valence-electron chi connectivity index (χ1n) is 7.21. The van der Waals surface area contributed by atoms with Gasteiger partial charge in [-0.25, -0.2) is 0 Å². The second-order valence-corrected chi connectivity index (χ2v) is 5.48. The lowest BCUT2D eigenvalue weighted by Gasteiger charge is -2.20. The van der Waals surface area contributed by atoms with E-state index in [2.05, 4.69) is 24.0 Å². The molecule has 1 N–H and O–H groups in total. The van der Waals surface area contributed by atoms with Crippen LogP contribution in [0.5, 0.6) is 0 Å². The maximum absolute atomic E-state index is 10.3. The number of nitrogens with zero attached hydrogens (tertiary/aromatic N) is 1. The van der Waals surface area contributed by atoms with E-state index in [1.54, 1.807) is 7.11 Å². The summed E-state index contributed by atoms with van der Waals surface area (Å²) in [6, 6.07) is 8.31. The molecule has 2 unspecified atom stereocenters. The van der Waals surface area contributed by atoms with Gasteiger partial charge in [-0.15, -0.1) is 0 Å². The van der Waals surface area contributed by atoms with Crippen molar-refractivity contribution < 1.29 is 9.84 Å². The molecule has 0 bridgehead atoms. The van der Waals surface area contributed by atoms with Crippen LogP contribution >= 0.6 is 0 Å². The van der Waals surface area contributed by atoms with Gasteiger partial charge in [0.25, 0.3) is 0 Å². The van der Waals surface area contributed by atoms with Crippen LogP contribution in [0.2, 0.25) is 0 Å². The molecule has 1 aromatic carbocycles. The zero-order valence-corrected chi connectivity index (χ0v) is 12.0. The van der Waals surface area contributed by atoms with Gasteiger partial charge in [-0.1, -0.05) is 31.2 Å². The number of ether oxygens (including phenoxy) is 1. The van der Waals surface area contributed by atoms with Crippen LogP contribution in [0.1, 0.15) is 30.6 Å². The summed E-state index contributed by atoms with van der Waals surface area (Å²) in [6.45, 7) is 5.81. The van der Waals surface area contributed by atoms with Gasteiger partial charge in [-0.3, -0.25) is 0 Å². The zero-order valence-electron chi connectivity index (χ0n) is 12.0. The normalized spacial score (nSPS) is 21.7. The second-order valence-electron chi connectivity index (χ2n) is 5.48. The monoisotopic (exact) mass is 263 g/mol. The molecule has 2 atom stereocenters. The number of hydrogen-bond acceptors (Lipinski definition) is 3. The summed E-state index contributed by atoms with van der Waals surface area (Å²) in [5, 5.41) is 10.3. The summed E-state index contributed by atoms with van der Waals surface area (Å²) >= 11 is 0. The predicted molar refractivity (Wildman–Crippen MR) is 77.2 cm³/mol. The van der Waals surface area contributed by atoms with Gasteiger partial charge in [0.1, 0.15) is 0 Å². The molecule has 19 heavy (non-hydrogen) atoms. The lowest BCUT2D eigenvalue weighted by molar-refractivity contribution is 0.115. The fourth-order valence-electron chi connectivity index (χ4n) is 2.78. The Hall–Kier alpha value is -0.900. The molecule has 1 aromatic rings. The second kappa shape index (κ2) is 7.04. The highest BCUT2D eigenvalue weighted by Gasteiger charge is 2.24. The van der Waals surface area contributed by atoms with Crippen molar-refractivity contribution in [3.05, 3.63) is 35.4 Å². The van der Waals surface area contributed by atoms with Crippen molar-refractivity contribution in [1.82, 2.24) is 4.90 Å². The zero-order chi connectivity index (χ0) is 13.7. The molecule has 3 nitrogen and oxygen atoms in total. The molecule has 0 aliphatic carbocycles. The number of hydrogen-bond donors (Lipinski definition) is 1. The van der Waals surface area contributed by atoms with Crippen LogP contribution in [0.4, 0.5) is 0 Å². The number of β-amino-alcohol motifs (C(OH)–C–C–N with tert-alkyl or cyclic N) is 1. The van der Waals surface area contributed by atoms with Gasteiger partial charge in [0.05, 0.1) is 12.7 Å². The first-order valence-corrected chi connectivity index (χ1v) is 7.21. The number of aliphatic hydroxyl groups excluding tert-OH is 1. The number of methoxy groups -OCH3 is 1. The molecule has 1 fully saturated rings. The molecule has 106 valence electrons. The van der Waals surface area contributed by atoms with Gasteiger partial charge in [-0.05, 0) is 36.4 Å². The van der Waals surface area contributed by atoms with Gasteiger partial charge >= 0.3 is 0 Å². The molecule has 2 rings (SSSR count). The molecule has 3 heteroatoms. The third-order valence-corrected chi connectivity index (χ3v) is 3.98. The average Bonchev–Trinajstić information content (AvgIpc) is 2.86. The molecule has 1 aliphatic rings. The first-order chi connectivity index (χ1) is 9.22. The van der Waals surface area contributed by atoms with E-state index >= 15 is 0 Å². The number of aliphatic hydroxyl groups is 1. The van der Waals surface area contributed by atoms with Crippen molar-refractivity contribution in [2.45, 2.75) is 25.9 Å². The Bertz CT molecular complexity index is 377. The molecule has 0 aromatic heterocycles. The number of rotatable bonds is 6. The van der Waals surface area contributed by atoms with E-state index in [1.807, 2.05) is 12.1 Å². The van der Waals surface area contributed by atoms with Gasteiger partial charge in [0, 0.05) is 20.2 Å². The molecule has 0 radical (unpaired) electrons. The largest absolute Gasteiger partial charge is 0.387 e. The highest BCUT2D eigenvalue weighted by Crippen LogP contribution is 2.21. The fourth-order valence-corrected chi connectivity index (χ4v) is 2.78. The van der Waals surface area contributed by atoms with Crippen molar-refractivity contribution in [1.29, 1.82) is 0 Å². The van der Waals surface area contributed by atoms with E-state index in [0.717, 1.165) is 38.2 Å². The summed E-state index contributed by atoms with van der Waals surface area (Å²) in [4.78, 5) is 2.34. The topological polar surface area (TPSA) is 32.7 Å². The van der Waals surface area contributed by atoms with Crippen LogP contribution in [0.3, 0.4) is 0 Å². The molecular formula is C16H25NO2. The Morgan fingerprint density at radius 1 is 1.37 bits per heavy atom. The van der Waals surface area contributed by atoms with E-state index < -0.39 is 0 Å². The van der Waals surface area contributed by atoms with Crippen molar-refractivity contribution in [3.8, 4) is 0 Å². The van der Waals surface area contributed by atoms with Crippen LogP contribution < -0.4 is 0 Å². The Kier molecular flexibility index (Phi) is 5.37. The maximum Gasteiger partial charge on any atom is 0.0916 e. The van der Waals surface area contributed by atoms with E-state index in [-0.39, 0.29) is 6.10 Å². The van der Waals surface area contributed by atoms with Crippen LogP contribution in [0.25, 0.3) is 0 Å².